The Hall–Kier alpha value is -3.09. The second-order valence-corrected chi connectivity index (χ2v) is 9.91. The summed E-state index contributed by atoms with van der Waals surface area (Å²) in [7, 11) is -2.28. The molecule has 0 bridgehead atoms. The van der Waals surface area contributed by atoms with Crippen LogP contribution in [-0.2, 0) is 10.0 Å². The average molecular weight is 454 g/mol. The van der Waals surface area contributed by atoms with Gasteiger partial charge in [0.1, 0.15) is 0 Å². The van der Waals surface area contributed by atoms with Crippen LogP contribution >= 0.6 is 0 Å². The van der Waals surface area contributed by atoms with Crippen molar-refractivity contribution in [2.24, 2.45) is 0 Å². The first-order chi connectivity index (χ1) is 15.4. The molecule has 2 aliphatic rings. The van der Waals surface area contributed by atoms with Gasteiger partial charge < -0.3 is 14.7 Å². The van der Waals surface area contributed by atoms with Crippen molar-refractivity contribution < 1.29 is 13.2 Å². The molecule has 2 aliphatic heterocycles. The molecule has 1 amide bonds. The monoisotopic (exact) mass is 453 g/mol. The van der Waals surface area contributed by atoms with Crippen LogP contribution in [0.2, 0.25) is 0 Å². The van der Waals surface area contributed by atoms with Crippen molar-refractivity contribution in [2.45, 2.75) is 17.7 Å². The highest BCUT2D eigenvalue weighted by molar-refractivity contribution is 7.89. The number of nitriles is 1. The molecule has 32 heavy (non-hydrogen) atoms. The highest BCUT2D eigenvalue weighted by Gasteiger charge is 2.28. The Morgan fingerprint density at radius 2 is 1.59 bits per heavy atom. The first-order valence-electron chi connectivity index (χ1n) is 10.8. The summed E-state index contributed by atoms with van der Waals surface area (Å²) >= 11 is 0. The van der Waals surface area contributed by atoms with E-state index in [1.165, 1.54) is 13.1 Å². The topological polar surface area (TPSA) is 96.8 Å². The first kappa shape index (κ1) is 22.1. The van der Waals surface area contributed by atoms with Gasteiger partial charge in [-0.1, -0.05) is 0 Å². The summed E-state index contributed by atoms with van der Waals surface area (Å²) in [6.45, 7) is 4.16. The molecule has 8 nitrogen and oxygen atoms in total. The van der Waals surface area contributed by atoms with Gasteiger partial charge >= 0.3 is 0 Å². The lowest BCUT2D eigenvalue weighted by Crippen LogP contribution is -2.49. The van der Waals surface area contributed by atoms with Gasteiger partial charge in [0, 0.05) is 50.6 Å². The number of nitrogens with one attached hydrogen (secondary N) is 1. The van der Waals surface area contributed by atoms with E-state index in [9.17, 15) is 13.2 Å². The van der Waals surface area contributed by atoms with Crippen LogP contribution in [0.1, 0.15) is 28.8 Å². The van der Waals surface area contributed by atoms with Crippen molar-refractivity contribution in [3.8, 4) is 6.07 Å². The lowest BCUT2D eigenvalue weighted by atomic mass is 10.1. The van der Waals surface area contributed by atoms with Gasteiger partial charge in [-0.15, -0.1) is 0 Å². The standard InChI is InChI=1S/C23H27N5O3S/c1-25-32(30,31)20-8-9-22(27-10-2-3-11-27)21(16-20)23(29)28-14-12-26(13-15-28)19-6-4-18(17-24)5-7-19/h4-9,16,25H,2-3,10-15H2,1H3. The number of carbonyl (C=O) groups is 1. The van der Waals surface area contributed by atoms with Crippen molar-refractivity contribution in [1.29, 1.82) is 5.26 Å². The molecular formula is C23H27N5O3S. The normalized spacial score (nSPS) is 16.8. The van der Waals surface area contributed by atoms with Gasteiger partial charge in [0.25, 0.3) is 5.91 Å². The fourth-order valence-electron chi connectivity index (χ4n) is 4.29. The van der Waals surface area contributed by atoms with Crippen LogP contribution < -0.4 is 14.5 Å². The van der Waals surface area contributed by atoms with E-state index in [2.05, 4.69) is 20.6 Å². The molecule has 2 saturated heterocycles. The number of rotatable bonds is 5. The molecule has 0 aromatic heterocycles. The fraction of sp³-hybridized carbons (Fsp3) is 0.391. The fourth-order valence-corrected chi connectivity index (χ4v) is 5.05. The molecule has 168 valence electrons. The predicted octanol–water partition coefficient (Wildman–Crippen LogP) is 2.03. The predicted molar refractivity (Wildman–Crippen MR) is 123 cm³/mol. The molecule has 0 unspecified atom stereocenters. The summed E-state index contributed by atoms with van der Waals surface area (Å²) in [5.74, 6) is -0.139. The lowest BCUT2D eigenvalue weighted by molar-refractivity contribution is 0.0747. The molecule has 2 heterocycles. The number of hydrogen-bond acceptors (Lipinski definition) is 6. The number of carbonyl (C=O) groups excluding carboxylic acids is 1. The molecule has 4 rings (SSSR count). The Bertz CT molecular complexity index is 1130. The molecular weight excluding hydrogens is 426 g/mol. The second kappa shape index (κ2) is 9.18. The number of amides is 1. The Morgan fingerprint density at radius 1 is 0.938 bits per heavy atom. The zero-order valence-corrected chi connectivity index (χ0v) is 18.9. The molecule has 0 aliphatic carbocycles. The minimum atomic E-state index is -3.65. The largest absolute Gasteiger partial charge is 0.371 e. The van der Waals surface area contributed by atoms with E-state index in [1.54, 1.807) is 29.2 Å². The third-order valence-corrected chi connectivity index (χ3v) is 7.56. The van der Waals surface area contributed by atoms with Crippen LogP contribution in [-0.4, -0.2) is 65.5 Å². The zero-order chi connectivity index (χ0) is 22.7. The van der Waals surface area contributed by atoms with Crippen LogP contribution in [0.25, 0.3) is 0 Å². The van der Waals surface area contributed by atoms with E-state index in [0.29, 0.717) is 37.3 Å². The average Bonchev–Trinajstić information content (AvgIpc) is 3.38. The lowest BCUT2D eigenvalue weighted by Gasteiger charge is -2.36. The van der Waals surface area contributed by atoms with Gasteiger partial charge in [0.05, 0.1) is 22.1 Å². The number of nitrogens with zero attached hydrogens (tertiary/aromatic N) is 4. The number of anilines is 2. The Balaban J connectivity index is 1.55. The smallest absolute Gasteiger partial charge is 0.256 e. The minimum absolute atomic E-state index is 0.0996. The van der Waals surface area contributed by atoms with Crippen molar-refractivity contribution >= 4 is 27.3 Å². The van der Waals surface area contributed by atoms with Gasteiger partial charge in [-0.05, 0) is 62.4 Å². The summed E-state index contributed by atoms with van der Waals surface area (Å²) in [5, 5.41) is 8.98. The van der Waals surface area contributed by atoms with E-state index in [0.717, 1.165) is 37.3 Å². The maximum atomic E-state index is 13.5. The van der Waals surface area contributed by atoms with Gasteiger partial charge in [-0.2, -0.15) is 5.26 Å². The van der Waals surface area contributed by atoms with Crippen LogP contribution in [0, 0.1) is 11.3 Å². The third kappa shape index (κ3) is 4.42. The van der Waals surface area contributed by atoms with Crippen molar-refractivity contribution in [3.05, 3.63) is 53.6 Å². The van der Waals surface area contributed by atoms with Crippen LogP contribution in [0.5, 0.6) is 0 Å². The number of sulfonamides is 1. The zero-order valence-electron chi connectivity index (χ0n) is 18.1. The minimum Gasteiger partial charge on any atom is -0.371 e. The quantitative estimate of drug-likeness (QED) is 0.744. The van der Waals surface area contributed by atoms with Gasteiger partial charge in [-0.25, -0.2) is 13.1 Å². The molecule has 0 saturated carbocycles. The molecule has 2 aromatic rings. The molecule has 0 atom stereocenters. The highest BCUT2D eigenvalue weighted by atomic mass is 32.2. The Labute approximate surface area is 189 Å². The van der Waals surface area contributed by atoms with Crippen LogP contribution in [0.4, 0.5) is 11.4 Å². The summed E-state index contributed by atoms with van der Waals surface area (Å²) in [6.07, 6.45) is 2.13. The van der Waals surface area contributed by atoms with Gasteiger partial charge in [-0.3, -0.25) is 4.79 Å². The molecule has 0 radical (unpaired) electrons. The SMILES string of the molecule is CNS(=O)(=O)c1ccc(N2CCCC2)c(C(=O)N2CCN(c3ccc(C#N)cc3)CC2)c1. The van der Waals surface area contributed by atoms with E-state index in [-0.39, 0.29) is 10.8 Å². The summed E-state index contributed by atoms with van der Waals surface area (Å²) in [6, 6.07) is 14.4. The summed E-state index contributed by atoms with van der Waals surface area (Å²) < 4.78 is 27.0. The molecule has 1 N–H and O–H groups in total. The third-order valence-electron chi connectivity index (χ3n) is 6.15. The van der Waals surface area contributed by atoms with Crippen LogP contribution in [0.3, 0.4) is 0 Å². The van der Waals surface area contributed by atoms with E-state index in [4.69, 9.17) is 5.26 Å². The van der Waals surface area contributed by atoms with Crippen LogP contribution in [0.15, 0.2) is 47.4 Å². The number of benzene rings is 2. The Morgan fingerprint density at radius 3 is 2.19 bits per heavy atom. The van der Waals surface area contributed by atoms with Gasteiger partial charge in [0.2, 0.25) is 10.0 Å². The first-order valence-corrected chi connectivity index (χ1v) is 12.3. The van der Waals surface area contributed by atoms with E-state index < -0.39 is 10.0 Å². The second-order valence-electron chi connectivity index (χ2n) is 8.02. The maximum absolute atomic E-state index is 13.5. The van der Waals surface area contributed by atoms with E-state index in [1.807, 2.05) is 12.1 Å². The van der Waals surface area contributed by atoms with Crippen molar-refractivity contribution in [2.75, 3.05) is 56.1 Å². The Kier molecular flexibility index (Phi) is 6.35. The molecule has 9 heteroatoms. The molecule has 2 aromatic carbocycles. The summed E-state index contributed by atoms with van der Waals surface area (Å²) in [5.41, 5.74) is 2.89. The molecule has 0 spiro atoms. The maximum Gasteiger partial charge on any atom is 0.256 e. The van der Waals surface area contributed by atoms with Crippen molar-refractivity contribution in [1.82, 2.24) is 9.62 Å². The highest BCUT2D eigenvalue weighted by Crippen LogP contribution is 2.29. The molecule has 2 fully saturated rings. The number of piperazine rings is 1. The van der Waals surface area contributed by atoms with Crippen molar-refractivity contribution in [3.63, 3.8) is 0 Å². The number of hydrogen-bond donors (Lipinski definition) is 1. The summed E-state index contributed by atoms with van der Waals surface area (Å²) in [4.78, 5) is 19.7. The van der Waals surface area contributed by atoms with Gasteiger partial charge in [0.15, 0.2) is 0 Å². The van der Waals surface area contributed by atoms with E-state index >= 15 is 0 Å².